The van der Waals surface area contributed by atoms with Gasteiger partial charge in [-0.25, -0.2) is 0 Å². The molecule has 0 radical (unpaired) electrons. The molecular weight excluding hydrogens is 739 g/mol. The lowest BCUT2D eigenvalue weighted by molar-refractivity contribution is 0.620. The van der Waals surface area contributed by atoms with Gasteiger partial charge in [0.2, 0.25) is 0 Å². The van der Waals surface area contributed by atoms with Gasteiger partial charge < -0.3 is 15.2 Å². The fraction of sp³-hybridized carbons (Fsp3) is 0.0690. The number of nitrogens with two attached hydrogens (primary N) is 1. The summed E-state index contributed by atoms with van der Waals surface area (Å²) in [6, 6.07) is 73.2. The standard InChI is InChI=1S/C58H43N3/c59-57(60-38-46(39-16-4-1-5-17-39)37-56(60)41-18-6-2-7-19-41)42-30-28-40(29-31-42)45-32-33-48-49-34-43-20-10-11-21-44(43)35-53(49)58(52(48)36-45)50-24-12-14-26-54(50)61(47-22-8-3-9-23-47)55-27-15-13-25-51(55)58/h1-12,14-24,26-38,57H,13,25,59H2. The van der Waals surface area contributed by atoms with E-state index in [9.17, 15) is 0 Å². The zero-order chi connectivity index (χ0) is 40.5. The molecule has 0 saturated heterocycles. The van der Waals surface area contributed by atoms with Gasteiger partial charge >= 0.3 is 0 Å². The van der Waals surface area contributed by atoms with Crippen molar-refractivity contribution in [2.24, 2.45) is 5.73 Å². The summed E-state index contributed by atoms with van der Waals surface area (Å²) in [5.41, 5.74) is 26.5. The van der Waals surface area contributed by atoms with E-state index >= 15 is 0 Å². The van der Waals surface area contributed by atoms with Gasteiger partial charge in [0.1, 0.15) is 6.17 Å². The highest BCUT2D eigenvalue weighted by molar-refractivity contribution is 5.99. The van der Waals surface area contributed by atoms with Crippen LogP contribution in [-0.2, 0) is 5.41 Å². The molecule has 2 aliphatic carbocycles. The van der Waals surface area contributed by atoms with Crippen molar-refractivity contribution in [2.45, 2.75) is 24.4 Å². The molecule has 61 heavy (non-hydrogen) atoms. The molecule has 0 bridgehead atoms. The zero-order valence-electron chi connectivity index (χ0n) is 33.7. The Bertz CT molecular complexity index is 3190. The smallest absolute Gasteiger partial charge is 0.107 e. The third-order valence-electron chi connectivity index (χ3n) is 13.3. The van der Waals surface area contributed by atoms with Crippen molar-refractivity contribution in [3.8, 4) is 44.6 Å². The quantitative estimate of drug-likeness (QED) is 0.182. The maximum absolute atomic E-state index is 7.20. The third-order valence-corrected chi connectivity index (χ3v) is 13.3. The summed E-state index contributed by atoms with van der Waals surface area (Å²) in [5.74, 6) is 0. The van der Waals surface area contributed by atoms with E-state index in [0.29, 0.717) is 0 Å². The van der Waals surface area contributed by atoms with Crippen LogP contribution in [0.4, 0.5) is 11.4 Å². The van der Waals surface area contributed by atoms with Gasteiger partial charge in [0, 0.05) is 23.1 Å². The van der Waals surface area contributed by atoms with Gasteiger partial charge in [-0.15, -0.1) is 0 Å². The highest BCUT2D eigenvalue weighted by Crippen LogP contribution is 2.64. The minimum Gasteiger partial charge on any atom is -0.327 e. The number of rotatable bonds is 6. The van der Waals surface area contributed by atoms with Crippen molar-refractivity contribution in [1.82, 2.24) is 4.57 Å². The Morgan fingerprint density at radius 1 is 0.492 bits per heavy atom. The van der Waals surface area contributed by atoms with E-state index in [0.717, 1.165) is 35.2 Å². The third kappa shape index (κ3) is 5.48. The van der Waals surface area contributed by atoms with Crippen LogP contribution in [0.5, 0.6) is 0 Å². The minimum atomic E-state index is -0.465. The number of hydrogen-bond donors (Lipinski definition) is 1. The van der Waals surface area contributed by atoms with E-state index in [4.69, 9.17) is 5.73 Å². The summed E-state index contributed by atoms with van der Waals surface area (Å²) in [7, 11) is 0. The van der Waals surface area contributed by atoms with Crippen molar-refractivity contribution >= 4 is 22.1 Å². The summed E-state index contributed by atoms with van der Waals surface area (Å²) in [5, 5.41) is 2.54. The monoisotopic (exact) mass is 781 g/mol. The molecule has 3 nitrogen and oxygen atoms in total. The lowest BCUT2D eigenvalue weighted by Crippen LogP contribution is -2.39. The average molecular weight is 782 g/mol. The first-order chi connectivity index (χ1) is 30.2. The molecule has 0 saturated carbocycles. The Morgan fingerprint density at radius 3 is 1.89 bits per heavy atom. The highest BCUT2D eigenvalue weighted by atomic mass is 15.2. The van der Waals surface area contributed by atoms with Gasteiger partial charge in [0.25, 0.3) is 0 Å². The van der Waals surface area contributed by atoms with E-state index in [2.05, 4.69) is 228 Å². The molecule has 1 aliphatic heterocycles. The van der Waals surface area contributed by atoms with Crippen molar-refractivity contribution < 1.29 is 0 Å². The molecule has 3 aliphatic rings. The number of hydrogen-bond acceptors (Lipinski definition) is 2. The first-order valence-electron chi connectivity index (χ1n) is 21.4. The van der Waals surface area contributed by atoms with Gasteiger partial charge in [-0.3, -0.25) is 0 Å². The number of fused-ring (bicyclic) bond motifs is 9. The van der Waals surface area contributed by atoms with E-state index in [1.165, 1.54) is 77.9 Å². The van der Waals surface area contributed by atoms with Crippen LogP contribution < -0.4 is 10.6 Å². The normalized spacial score (nSPS) is 16.6. The van der Waals surface area contributed by atoms with E-state index < -0.39 is 5.41 Å². The van der Waals surface area contributed by atoms with Crippen molar-refractivity contribution in [1.29, 1.82) is 0 Å². The fourth-order valence-electron chi connectivity index (χ4n) is 10.5. The average Bonchev–Trinajstić information content (AvgIpc) is 3.90. The van der Waals surface area contributed by atoms with E-state index in [1.807, 2.05) is 0 Å². The summed E-state index contributed by atoms with van der Waals surface area (Å²) in [6.07, 6.45) is 8.54. The number of aromatic nitrogens is 1. The molecule has 0 fully saturated rings. The number of para-hydroxylation sites is 2. The maximum Gasteiger partial charge on any atom is 0.107 e. The summed E-state index contributed by atoms with van der Waals surface area (Å²) >= 11 is 0. The first kappa shape index (κ1) is 35.5. The summed E-state index contributed by atoms with van der Waals surface area (Å²) in [6.45, 7) is 0. The Hall–Kier alpha value is -7.46. The van der Waals surface area contributed by atoms with Gasteiger partial charge in [-0.1, -0.05) is 164 Å². The van der Waals surface area contributed by atoms with Crippen LogP contribution in [0.2, 0.25) is 0 Å². The minimum absolute atomic E-state index is 0.371. The number of allylic oxidation sites excluding steroid dienone is 3. The Kier molecular flexibility index (Phi) is 8.19. The second kappa shape index (κ2) is 14.1. The molecule has 2 unspecified atom stereocenters. The molecule has 1 spiro atoms. The molecule has 0 amide bonds. The van der Waals surface area contributed by atoms with E-state index in [-0.39, 0.29) is 6.17 Å². The number of anilines is 2. The van der Waals surface area contributed by atoms with Crippen LogP contribution in [0.15, 0.2) is 230 Å². The van der Waals surface area contributed by atoms with Gasteiger partial charge in [-0.05, 0) is 133 Å². The molecule has 1 aromatic heterocycles. The molecular formula is C58H43N3. The summed E-state index contributed by atoms with van der Waals surface area (Å²) in [4.78, 5) is 2.49. The predicted molar refractivity (Wildman–Crippen MR) is 253 cm³/mol. The van der Waals surface area contributed by atoms with Crippen molar-refractivity contribution in [3.63, 3.8) is 0 Å². The fourth-order valence-corrected chi connectivity index (χ4v) is 10.5. The van der Waals surface area contributed by atoms with Crippen LogP contribution in [0.3, 0.4) is 0 Å². The van der Waals surface area contributed by atoms with Crippen molar-refractivity contribution in [2.75, 3.05) is 4.90 Å². The zero-order valence-corrected chi connectivity index (χ0v) is 33.7. The largest absolute Gasteiger partial charge is 0.327 e. The van der Waals surface area contributed by atoms with Crippen LogP contribution in [0.25, 0.3) is 55.4 Å². The second-order valence-electron chi connectivity index (χ2n) is 16.6. The lowest BCUT2D eigenvalue weighted by atomic mass is 9.62. The summed E-state index contributed by atoms with van der Waals surface area (Å²) < 4.78 is 2.22. The Balaban J connectivity index is 1.01. The van der Waals surface area contributed by atoms with Crippen LogP contribution in [0.1, 0.15) is 41.3 Å². The van der Waals surface area contributed by atoms with Gasteiger partial charge in [0.05, 0.1) is 16.8 Å². The molecule has 8 aromatic carbocycles. The predicted octanol–water partition coefficient (Wildman–Crippen LogP) is 14.2. The Morgan fingerprint density at radius 2 is 1.11 bits per heavy atom. The first-order valence-corrected chi connectivity index (χ1v) is 21.4. The van der Waals surface area contributed by atoms with Crippen molar-refractivity contribution in [3.05, 3.63) is 252 Å². The maximum atomic E-state index is 7.20. The topological polar surface area (TPSA) is 34.2 Å². The number of benzene rings is 8. The van der Waals surface area contributed by atoms with Gasteiger partial charge in [0.15, 0.2) is 0 Å². The number of nitrogens with zero attached hydrogens (tertiary/aromatic N) is 2. The highest BCUT2D eigenvalue weighted by Gasteiger charge is 2.53. The Labute approximate surface area is 357 Å². The lowest BCUT2D eigenvalue weighted by Gasteiger charge is -2.47. The van der Waals surface area contributed by atoms with Gasteiger partial charge in [-0.2, -0.15) is 0 Å². The van der Waals surface area contributed by atoms with E-state index in [1.54, 1.807) is 0 Å². The molecule has 290 valence electrons. The molecule has 2 heterocycles. The molecule has 3 heteroatoms. The molecule has 12 rings (SSSR count). The SMILES string of the molecule is NC(c1ccc(-c2ccc3c(c2)C2(C4=C(C=CCC4)N(c4ccccc4)c4ccccc42)c2cc4ccccc4cc2-3)cc1)n1cc(-c2ccccc2)cc1-c1ccccc1. The molecule has 2 atom stereocenters. The second-order valence-corrected chi connectivity index (χ2v) is 16.6. The van der Waals surface area contributed by atoms with Crippen LogP contribution >= 0.6 is 0 Å². The van der Waals surface area contributed by atoms with Crippen LogP contribution in [-0.4, -0.2) is 4.57 Å². The molecule has 9 aromatic rings. The molecule has 2 N–H and O–H groups in total. The van der Waals surface area contributed by atoms with Crippen LogP contribution in [0, 0.1) is 0 Å².